The van der Waals surface area contributed by atoms with Gasteiger partial charge in [-0.05, 0) is 32.0 Å². The van der Waals surface area contributed by atoms with Gasteiger partial charge in [-0.15, -0.1) is 0 Å². The molecule has 0 fully saturated rings. The predicted molar refractivity (Wildman–Crippen MR) is 113 cm³/mol. The summed E-state index contributed by atoms with van der Waals surface area (Å²) < 4.78 is 165. The molecule has 198 valence electrons. The van der Waals surface area contributed by atoms with Gasteiger partial charge >= 0.3 is 24.7 Å². The zero-order chi connectivity index (χ0) is 28.1. The third-order valence-electron chi connectivity index (χ3n) is 5.74. The number of hydrogen-bond acceptors (Lipinski definition) is 0. The third-order valence-corrected chi connectivity index (χ3v) is 5.74. The van der Waals surface area contributed by atoms with Gasteiger partial charge in [0.1, 0.15) is 0 Å². The molecule has 0 aliphatic rings. The van der Waals surface area contributed by atoms with Gasteiger partial charge in [0.25, 0.3) is 0 Å². The number of rotatable bonds is 3. The standard InChI is InChI=1S/C24H15BF12/c1-12-3-7-16(23(32,33)34)19(9-12)25(18-10-14(21(26,27)28)5-4-13(18)2)20-11-15(22(29,30)31)6-8-17(20)24(35,36)37/h3-11H,1-2H3. The van der Waals surface area contributed by atoms with Crippen molar-refractivity contribution in [2.75, 3.05) is 0 Å². The molecule has 0 spiro atoms. The molecule has 0 saturated heterocycles. The topological polar surface area (TPSA) is 0 Å². The van der Waals surface area contributed by atoms with E-state index in [1.54, 1.807) is 0 Å². The first-order chi connectivity index (χ1) is 16.7. The van der Waals surface area contributed by atoms with Gasteiger partial charge in [0.05, 0.1) is 22.3 Å². The molecule has 3 aromatic carbocycles. The van der Waals surface area contributed by atoms with E-state index in [2.05, 4.69) is 0 Å². The van der Waals surface area contributed by atoms with Crippen molar-refractivity contribution in [2.45, 2.75) is 38.6 Å². The molecule has 0 aliphatic heterocycles. The van der Waals surface area contributed by atoms with Crippen LogP contribution >= 0.6 is 0 Å². The second-order valence-electron chi connectivity index (χ2n) is 8.39. The summed E-state index contributed by atoms with van der Waals surface area (Å²) in [7, 11) is 0. The average Bonchev–Trinajstić information content (AvgIpc) is 2.72. The van der Waals surface area contributed by atoms with Crippen molar-refractivity contribution in [1.82, 2.24) is 0 Å². The Morgan fingerprint density at radius 1 is 0.459 bits per heavy atom. The van der Waals surface area contributed by atoms with E-state index in [1.807, 2.05) is 0 Å². The summed E-state index contributed by atoms with van der Waals surface area (Å²) in [5.41, 5.74) is -9.10. The van der Waals surface area contributed by atoms with Gasteiger partial charge < -0.3 is 0 Å². The Labute approximate surface area is 203 Å². The summed E-state index contributed by atoms with van der Waals surface area (Å²) in [4.78, 5) is 0. The van der Waals surface area contributed by atoms with Crippen molar-refractivity contribution in [3.8, 4) is 0 Å². The number of hydrogen-bond donors (Lipinski definition) is 0. The first kappa shape index (κ1) is 28.5. The Morgan fingerprint density at radius 2 is 0.865 bits per heavy atom. The molecular formula is C24H15BF12. The molecule has 0 N–H and O–H groups in total. The van der Waals surface area contributed by atoms with Gasteiger partial charge in [-0.1, -0.05) is 63.9 Å². The monoisotopic (exact) mass is 542 g/mol. The fourth-order valence-electron chi connectivity index (χ4n) is 4.05. The van der Waals surface area contributed by atoms with Gasteiger partial charge in [-0.3, -0.25) is 0 Å². The molecule has 37 heavy (non-hydrogen) atoms. The molecule has 0 amide bonds. The number of benzene rings is 3. The lowest BCUT2D eigenvalue weighted by Gasteiger charge is -2.26. The summed E-state index contributed by atoms with van der Waals surface area (Å²) in [5.74, 6) is 0. The maximum Gasteiger partial charge on any atom is 0.416 e. The van der Waals surface area contributed by atoms with E-state index in [0.29, 0.717) is 18.2 Å². The van der Waals surface area contributed by atoms with Crippen LogP contribution in [0.15, 0.2) is 54.6 Å². The van der Waals surface area contributed by atoms with Crippen LogP contribution in [-0.2, 0) is 24.7 Å². The van der Waals surface area contributed by atoms with E-state index in [9.17, 15) is 52.7 Å². The molecule has 3 aromatic rings. The first-order valence-corrected chi connectivity index (χ1v) is 10.3. The minimum absolute atomic E-state index is 0.0374. The summed E-state index contributed by atoms with van der Waals surface area (Å²) in [6, 6.07) is 4.33. The minimum atomic E-state index is -5.34. The zero-order valence-corrected chi connectivity index (χ0v) is 18.8. The molecular weight excluding hydrogens is 527 g/mol. The van der Waals surface area contributed by atoms with Crippen LogP contribution in [0.25, 0.3) is 0 Å². The summed E-state index contributed by atoms with van der Waals surface area (Å²) in [6.07, 6.45) is -20.7. The fraction of sp³-hybridized carbons (Fsp3) is 0.250. The Kier molecular flexibility index (Phi) is 7.17. The molecule has 0 bridgehead atoms. The highest BCUT2D eigenvalue weighted by atomic mass is 19.4. The molecule has 0 radical (unpaired) electrons. The second-order valence-corrected chi connectivity index (χ2v) is 8.39. The number of aryl methyl sites for hydroxylation is 2. The fourth-order valence-corrected chi connectivity index (χ4v) is 4.05. The lowest BCUT2D eigenvalue weighted by atomic mass is 9.34. The summed E-state index contributed by atoms with van der Waals surface area (Å²) in [6.45, 7) is 0.154. The van der Waals surface area contributed by atoms with Crippen LogP contribution in [0.3, 0.4) is 0 Å². The van der Waals surface area contributed by atoms with Crippen LogP contribution in [0.2, 0.25) is 0 Å². The molecule has 0 atom stereocenters. The van der Waals surface area contributed by atoms with Gasteiger partial charge in [0, 0.05) is 0 Å². The second kappa shape index (κ2) is 9.32. The summed E-state index contributed by atoms with van der Waals surface area (Å²) in [5, 5.41) is 0. The smallest absolute Gasteiger partial charge is 0.166 e. The van der Waals surface area contributed by atoms with E-state index in [4.69, 9.17) is 0 Å². The van der Waals surface area contributed by atoms with Gasteiger partial charge in [-0.25, -0.2) is 0 Å². The number of halogens is 12. The van der Waals surface area contributed by atoms with Crippen molar-refractivity contribution >= 4 is 23.1 Å². The van der Waals surface area contributed by atoms with Crippen LogP contribution in [0.4, 0.5) is 52.7 Å². The van der Waals surface area contributed by atoms with E-state index in [1.165, 1.54) is 6.92 Å². The Morgan fingerprint density at radius 3 is 1.32 bits per heavy atom. The van der Waals surface area contributed by atoms with E-state index < -0.39 is 70.1 Å². The van der Waals surface area contributed by atoms with Crippen molar-refractivity contribution in [3.05, 3.63) is 88.0 Å². The van der Waals surface area contributed by atoms with Crippen LogP contribution in [-0.4, -0.2) is 6.71 Å². The van der Waals surface area contributed by atoms with Gasteiger partial charge in [0.15, 0.2) is 0 Å². The predicted octanol–water partition coefficient (Wildman–Crippen LogP) is 6.89. The zero-order valence-electron chi connectivity index (χ0n) is 18.8. The molecule has 0 heterocycles. The normalized spacial score (nSPS) is 13.1. The van der Waals surface area contributed by atoms with Crippen molar-refractivity contribution in [3.63, 3.8) is 0 Å². The molecule has 0 aliphatic carbocycles. The molecule has 13 heteroatoms. The van der Waals surface area contributed by atoms with Crippen LogP contribution in [0.5, 0.6) is 0 Å². The molecule has 0 nitrogen and oxygen atoms in total. The highest BCUT2D eigenvalue weighted by Crippen LogP contribution is 2.35. The quantitative estimate of drug-likeness (QED) is 0.250. The molecule has 0 aromatic heterocycles. The average molecular weight is 542 g/mol. The largest absolute Gasteiger partial charge is 0.416 e. The number of alkyl halides is 12. The molecule has 3 rings (SSSR count). The van der Waals surface area contributed by atoms with E-state index >= 15 is 0 Å². The molecule has 0 saturated carbocycles. The van der Waals surface area contributed by atoms with Gasteiger partial charge in [0.2, 0.25) is 6.71 Å². The lowest BCUT2D eigenvalue weighted by Crippen LogP contribution is -2.57. The van der Waals surface area contributed by atoms with Crippen LogP contribution in [0, 0.1) is 13.8 Å². The Balaban J connectivity index is 2.56. The SMILES string of the molecule is Cc1ccc(C(F)(F)F)c(B(c2cc(C(F)(F)F)ccc2C)c2cc(C(F)(F)F)ccc2C(F)(F)F)c1. The van der Waals surface area contributed by atoms with Crippen molar-refractivity contribution < 1.29 is 52.7 Å². The van der Waals surface area contributed by atoms with Crippen molar-refractivity contribution in [2.24, 2.45) is 0 Å². The molecule has 0 unspecified atom stereocenters. The van der Waals surface area contributed by atoms with Crippen LogP contribution in [0.1, 0.15) is 33.4 Å². The van der Waals surface area contributed by atoms with E-state index in [0.717, 1.165) is 25.1 Å². The maximum atomic E-state index is 14.0. The van der Waals surface area contributed by atoms with Gasteiger partial charge in [-0.2, -0.15) is 52.7 Å². The Bertz CT molecular complexity index is 1300. The highest BCUT2D eigenvalue weighted by Gasteiger charge is 2.44. The first-order valence-electron chi connectivity index (χ1n) is 10.3. The van der Waals surface area contributed by atoms with E-state index in [-0.39, 0.29) is 29.3 Å². The third kappa shape index (κ3) is 6.07. The van der Waals surface area contributed by atoms with Crippen molar-refractivity contribution in [1.29, 1.82) is 0 Å². The lowest BCUT2D eigenvalue weighted by molar-refractivity contribution is -0.140. The van der Waals surface area contributed by atoms with Crippen LogP contribution < -0.4 is 16.4 Å². The minimum Gasteiger partial charge on any atom is -0.166 e. The highest BCUT2D eigenvalue weighted by molar-refractivity contribution is 6.96. The maximum absolute atomic E-state index is 14.0. The summed E-state index contributed by atoms with van der Waals surface area (Å²) >= 11 is 0. The Hall–Kier alpha value is -3.12.